The third-order valence-electron chi connectivity index (χ3n) is 2.46. The molecule has 0 unspecified atom stereocenters. The van der Waals surface area contributed by atoms with Gasteiger partial charge in [0.2, 0.25) is 0 Å². The molecule has 0 radical (unpaired) electrons. The van der Waals surface area contributed by atoms with E-state index < -0.39 is 5.97 Å². The lowest BCUT2D eigenvalue weighted by Crippen LogP contribution is -2.30. The van der Waals surface area contributed by atoms with Crippen molar-refractivity contribution in [3.05, 3.63) is 29.8 Å². The number of hydrogen-bond donors (Lipinski definition) is 1. The largest absolute Gasteiger partial charge is 0.497 e. The van der Waals surface area contributed by atoms with Crippen LogP contribution in [0, 0.1) is 0 Å². The Bertz CT molecular complexity index is 348. The second kappa shape index (κ2) is 6.91. The highest BCUT2D eigenvalue weighted by Gasteiger charge is 2.09. The summed E-state index contributed by atoms with van der Waals surface area (Å²) >= 11 is 0. The zero-order chi connectivity index (χ0) is 12.7. The summed E-state index contributed by atoms with van der Waals surface area (Å²) in [6.45, 7) is 3.57. The van der Waals surface area contributed by atoms with Crippen LogP contribution in [0.4, 0.5) is 0 Å². The molecule has 4 heteroatoms. The van der Waals surface area contributed by atoms with Gasteiger partial charge in [0.25, 0.3) is 0 Å². The molecule has 1 aromatic carbocycles. The van der Waals surface area contributed by atoms with Gasteiger partial charge in [-0.3, -0.25) is 9.69 Å². The first-order chi connectivity index (χ1) is 8.15. The van der Waals surface area contributed by atoms with Crippen LogP contribution < -0.4 is 4.74 Å². The lowest BCUT2D eigenvalue weighted by Gasteiger charge is -2.19. The van der Waals surface area contributed by atoms with Gasteiger partial charge in [-0.05, 0) is 30.7 Å². The molecular formula is C13H19NO3. The molecule has 1 rings (SSSR count). The van der Waals surface area contributed by atoms with Gasteiger partial charge < -0.3 is 9.84 Å². The fourth-order valence-corrected chi connectivity index (χ4v) is 1.71. The highest BCUT2D eigenvalue weighted by molar-refractivity contribution is 5.69. The van der Waals surface area contributed by atoms with Crippen molar-refractivity contribution >= 4 is 5.97 Å². The first-order valence-electron chi connectivity index (χ1n) is 5.72. The predicted molar refractivity (Wildman–Crippen MR) is 66.2 cm³/mol. The van der Waals surface area contributed by atoms with Gasteiger partial charge in [-0.15, -0.1) is 0 Å². The average Bonchev–Trinajstić information content (AvgIpc) is 2.29. The van der Waals surface area contributed by atoms with E-state index in [1.165, 1.54) is 0 Å². The van der Waals surface area contributed by atoms with Crippen molar-refractivity contribution in [1.29, 1.82) is 0 Å². The van der Waals surface area contributed by atoms with Gasteiger partial charge in [0.1, 0.15) is 5.75 Å². The van der Waals surface area contributed by atoms with Crippen LogP contribution in [0.5, 0.6) is 5.75 Å². The van der Waals surface area contributed by atoms with E-state index in [9.17, 15) is 4.79 Å². The second-order valence-electron chi connectivity index (χ2n) is 3.95. The Balaban J connectivity index is 2.61. The van der Waals surface area contributed by atoms with E-state index in [1.54, 1.807) is 7.11 Å². The quantitative estimate of drug-likeness (QED) is 0.788. The van der Waals surface area contributed by atoms with E-state index >= 15 is 0 Å². The predicted octanol–water partition coefficient (Wildman–Crippen LogP) is 1.99. The highest BCUT2D eigenvalue weighted by atomic mass is 16.5. The zero-order valence-electron chi connectivity index (χ0n) is 10.3. The summed E-state index contributed by atoms with van der Waals surface area (Å²) in [5.74, 6) is 0.0287. The molecule has 1 aromatic rings. The van der Waals surface area contributed by atoms with Gasteiger partial charge in [0.15, 0.2) is 0 Å². The molecule has 0 bridgehead atoms. The maximum atomic E-state index is 10.7. The average molecular weight is 237 g/mol. The smallest absolute Gasteiger partial charge is 0.317 e. The van der Waals surface area contributed by atoms with Gasteiger partial charge >= 0.3 is 5.97 Å². The maximum Gasteiger partial charge on any atom is 0.317 e. The minimum atomic E-state index is -0.785. The van der Waals surface area contributed by atoms with Gasteiger partial charge in [-0.25, -0.2) is 0 Å². The van der Waals surface area contributed by atoms with Crippen molar-refractivity contribution < 1.29 is 14.6 Å². The highest BCUT2D eigenvalue weighted by Crippen LogP contribution is 2.13. The third kappa shape index (κ3) is 4.87. The van der Waals surface area contributed by atoms with Crippen molar-refractivity contribution in [2.24, 2.45) is 0 Å². The molecule has 0 aliphatic carbocycles. The zero-order valence-corrected chi connectivity index (χ0v) is 10.3. The van der Waals surface area contributed by atoms with Crippen LogP contribution >= 0.6 is 0 Å². The van der Waals surface area contributed by atoms with Crippen LogP contribution in [0.1, 0.15) is 18.9 Å². The van der Waals surface area contributed by atoms with Gasteiger partial charge in [0, 0.05) is 6.54 Å². The van der Waals surface area contributed by atoms with Crippen molar-refractivity contribution in [2.75, 3.05) is 20.2 Å². The standard InChI is InChI=1S/C13H19NO3/c1-3-8-14(10-13(15)16)9-11-4-6-12(17-2)7-5-11/h4-7H,3,8-10H2,1-2H3,(H,15,16). The van der Waals surface area contributed by atoms with Crippen molar-refractivity contribution in [3.8, 4) is 5.75 Å². The molecule has 0 aliphatic heterocycles. The second-order valence-corrected chi connectivity index (χ2v) is 3.95. The van der Waals surface area contributed by atoms with Crippen LogP contribution in [0.25, 0.3) is 0 Å². The fraction of sp³-hybridized carbons (Fsp3) is 0.462. The fourth-order valence-electron chi connectivity index (χ4n) is 1.71. The Hall–Kier alpha value is -1.55. The molecule has 0 fully saturated rings. The van der Waals surface area contributed by atoms with Crippen LogP contribution in [0.3, 0.4) is 0 Å². The van der Waals surface area contributed by atoms with Crippen LogP contribution in [-0.2, 0) is 11.3 Å². The van der Waals surface area contributed by atoms with Crippen LogP contribution in [0.2, 0.25) is 0 Å². The van der Waals surface area contributed by atoms with Crippen LogP contribution in [0.15, 0.2) is 24.3 Å². The van der Waals surface area contributed by atoms with Crippen molar-refractivity contribution in [2.45, 2.75) is 19.9 Å². The monoisotopic (exact) mass is 237 g/mol. The Labute approximate surface area is 102 Å². The minimum Gasteiger partial charge on any atom is -0.497 e. The normalized spacial score (nSPS) is 10.5. The van der Waals surface area contributed by atoms with E-state index in [4.69, 9.17) is 9.84 Å². The summed E-state index contributed by atoms with van der Waals surface area (Å²) < 4.78 is 5.08. The Kier molecular flexibility index (Phi) is 5.49. The maximum absolute atomic E-state index is 10.7. The Morgan fingerprint density at radius 2 is 2.00 bits per heavy atom. The summed E-state index contributed by atoms with van der Waals surface area (Å²) in [7, 11) is 1.63. The van der Waals surface area contributed by atoms with E-state index in [0.29, 0.717) is 6.54 Å². The minimum absolute atomic E-state index is 0.0832. The first kappa shape index (κ1) is 13.5. The number of carboxylic acid groups (broad SMARTS) is 1. The molecular weight excluding hydrogens is 218 g/mol. The lowest BCUT2D eigenvalue weighted by atomic mass is 10.2. The number of rotatable bonds is 7. The molecule has 0 aromatic heterocycles. The molecule has 4 nitrogen and oxygen atoms in total. The van der Waals surface area contributed by atoms with Crippen molar-refractivity contribution in [3.63, 3.8) is 0 Å². The molecule has 0 saturated carbocycles. The summed E-state index contributed by atoms with van der Waals surface area (Å²) in [6, 6.07) is 7.70. The number of carbonyl (C=O) groups is 1. The molecule has 0 amide bonds. The van der Waals surface area contributed by atoms with E-state index in [0.717, 1.165) is 24.3 Å². The van der Waals surface area contributed by atoms with E-state index in [-0.39, 0.29) is 6.54 Å². The van der Waals surface area contributed by atoms with Crippen molar-refractivity contribution in [1.82, 2.24) is 4.90 Å². The van der Waals surface area contributed by atoms with Crippen LogP contribution in [-0.4, -0.2) is 36.2 Å². The number of benzene rings is 1. The number of aliphatic carboxylic acids is 1. The number of nitrogens with zero attached hydrogens (tertiary/aromatic N) is 1. The molecule has 1 N–H and O–H groups in total. The number of hydrogen-bond acceptors (Lipinski definition) is 3. The first-order valence-corrected chi connectivity index (χ1v) is 5.72. The number of carboxylic acids is 1. The van der Waals surface area contributed by atoms with E-state index in [2.05, 4.69) is 0 Å². The van der Waals surface area contributed by atoms with E-state index in [1.807, 2.05) is 36.1 Å². The molecule has 0 aliphatic rings. The molecule has 94 valence electrons. The summed E-state index contributed by atoms with van der Waals surface area (Å²) in [6.07, 6.45) is 0.948. The van der Waals surface area contributed by atoms with Gasteiger partial charge in [-0.2, -0.15) is 0 Å². The van der Waals surface area contributed by atoms with Gasteiger partial charge in [0.05, 0.1) is 13.7 Å². The Morgan fingerprint density at radius 1 is 1.35 bits per heavy atom. The molecule has 0 spiro atoms. The summed E-state index contributed by atoms with van der Waals surface area (Å²) in [5.41, 5.74) is 1.10. The van der Waals surface area contributed by atoms with Gasteiger partial charge in [-0.1, -0.05) is 19.1 Å². The summed E-state index contributed by atoms with van der Waals surface area (Å²) in [4.78, 5) is 12.6. The number of methoxy groups -OCH3 is 1. The molecule has 17 heavy (non-hydrogen) atoms. The molecule has 0 heterocycles. The topological polar surface area (TPSA) is 49.8 Å². The number of ether oxygens (including phenoxy) is 1. The summed E-state index contributed by atoms with van der Waals surface area (Å²) in [5, 5.41) is 8.81. The SMILES string of the molecule is CCCN(CC(=O)O)Cc1ccc(OC)cc1. The molecule has 0 saturated heterocycles. The Morgan fingerprint density at radius 3 is 2.47 bits per heavy atom. The third-order valence-corrected chi connectivity index (χ3v) is 2.46. The lowest BCUT2D eigenvalue weighted by molar-refractivity contribution is -0.138. The molecule has 0 atom stereocenters.